The Bertz CT molecular complexity index is 654. The highest BCUT2D eigenvalue weighted by molar-refractivity contribution is 5.85. The van der Waals surface area contributed by atoms with E-state index in [1.54, 1.807) is 0 Å². The molecule has 1 heterocycles. The van der Waals surface area contributed by atoms with E-state index in [9.17, 15) is 0 Å². The summed E-state index contributed by atoms with van der Waals surface area (Å²) in [5.74, 6) is 0. The quantitative estimate of drug-likeness (QED) is 0.936. The summed E-state index contributed by atoms with van der Waals surface area (Å²) in [5, 5.41) is 6.24. The van der Waals surface area contributed by atoms with Crippen LogP contribution in [0.3, 0.4) is 0 Å². The Balaban J connectivity index is 0.00000132. The standard InChI is InChI=1S/C18H21NO.ClH/c1-20-13-17-11-18(17,8-9-19-12-17)16-7-6-14-4-2-3-5-15(14)10-16;/h2-7,10,19H,8-9,11-13H2,1H3;1H/t17-,18-;/m1./s1. The van der Waals surface area contributed by atoms with Gasteiger partial charge in [-0.25, -0.2) is 0 Å². The molecule has 2 aromatic rings. The van der Waals surface area contributed by atoms with Crippen LogP contribution in [0.2, 0.25) is 0 Å². The van der Waals surface area contributed by atoms with Gasteiger partial charge in [-0.3, -0.25) is 0 Å². The number of piperidine rings is 1. The summed E-state index contributed by atoms with van der Waals surface area (Å²) in [4.78, 5) is 0. The van der Waals surface area contributed by atoms with Crippen molar-refractivity contribution in [3.8, 4) is 0 Å². The second-order valence-electron chi connectivity index (χ2n) is 6.46. The van der Waals surface area contributed by atoms with Gasteiger partial charge in [0.25, 0.3) is 0 Å². The van der Waals surface area contributed by atoms with Crippen molar-refractivity contribution in [2.45, 2.75) is 18.3 Å². The van der Waals surface area contributed by atoms with Crippen molar-refractivity contribution in [1.82, 2.24) is 5.32 Å². The van der Waals surface area contributed by atoms with Gasteiger partial charge in [0.1, 0.15) is 0 Å². The zero-order chi connectivity index (χ0) is 13.6. The summed E-state index contributed by atoms with van der Waals surface area (Å²) in [7, 11) is 1.83. The van der Waals surface area contributed by atoms with Crippen LogP contribution in [0.4, 0.5) is 0 Å². The topological polar surface area (TPSA) is 21.3 Å². The third-order valence-corrected chi connectivity index (χ3v) is 5.44. The summed E-state index contributed by atoms with van der Waals surface area (Å²) in [6.07, 6.45) is 2.49. The Hall–Kier alpha value is -1.09. The minimum atomic E-state index is 0. The molecule has 3 heteroatoms. The van der Waals surface area contributed by atoms with Gasteiger partial charge in [-0.1, -0.05) is 42.5 Å². The Morgan fingerprint density at radius 3 is 2.76 bits per heavy atom. The van der Waals surface area contributed by atoms with Crippen molar-refractivity contribution in [2.24, 2.45) is 5.41 Å². The van der Waals surface area contributed by atoms with E-state index in [1.807, 2.05) is 7.11 Å². The van der Waals surface area contributed by atoms with Crippen LogP contribution in [0.15, 0.2) is 42.5 Å². The van der Waals surface area contributed by atoms with E-state index in [2.05, 4.69) is 47.8 Å². The second kappa shape index (κ2) is 5.28. The highest BCUT2D eigenvalue weighted by Crippen LogP contribution is 2.67. The molecule has 0 spiro atoms. The molecule has 2 atom stereocenters. The molecule has 4 rings (SSSR count). The first-order chi connectivity index (χ1) is 9.80. The number of fused-ring (bicyclic) bond motifs is 2. The molecular formula is C18H22ClNO. The summed E-state index contributed by atoms with van der Waals surface area (Å²) < 4.78 is 5.52. The minimum absolute atomic E-state index is 0. The van der Waals surface area contributed by atoms with Gasteiger partial charge in [-0.15, -0.1) is 12.4 Å². The molecule has 0 amide bonds. The lowest BCUT2D eigenvalue weighted by molar-refractivity contribution is 0.116. The minimum Gasteiger partial charge on any atom is -0.384 e. The average Bonchev–Trinajstić information content (AvgIpc) is 3.17. The molecule has 2 fully saturated rings. The van der Waals surface area contributed by atoms with Crippen LogP contribution in [0.1, 0.15) is 18.4 Å². The molecule has 1 aliphatic heterocycles. The molecule has 2 aromatic carbocycles. The number of benzene rings is 2. The third kappa shape index (κ3) is 2.09. The fraction of sp³-hybridized carbons (Fsp3) is 0.444. The van der Waals surface area contributed by atoms with Gasteiger partial charge in [0, 0.05) is 24.5 Å². The van der Waals surface area contributed by atoms with Crippen LogP contribution in [-0.4, -0.2) is 26.8 Å². The number of methoxy groups -OCH3 is 1. The predicted octanol–water partition coefficient (Wildman–Crippen LogP) is 3.53. The Morgan fingerprint density at radius 1 is 1.14 bits per heavy atom. The zero-order valence-corrected chi connectivity index (χ0v) is 13.2. The molecule has 0 radical (unpaired) electrons. The average molecular weight is 304 g/mol. The van der Waals surface area contributed by atoms with E-state index in [4.69, 9.17) is 4.74 Å². The smallest absolute Gasteiger partial charge is 0.0539 e. The molecule has 2 nitrogen and oxygen atoms in total. The Morgan fingerprint density at radius 2 is 1.95 bits per heavy atom. The maximum Gasteiger partial charge on any atom is 0.0539 e. The molecule has 0 aromatic heterocycles. The van der Waals surface area contributed by atoms with E-state index in [0.717, 1.165) is 19.7 Å². The van der Waals surface area contributed by atoms with Crippen LogP contribution in [0.5, 0.6) is 0 Å². The number of ether oxygens (including phenoxy) is 1. The number of rotatable bonds is 3. The molecule has 0 bridgehead atoms. The zero-order valence-electron chi connectivity index (χ0n) is 12.4. The van der Waals surface area contributed by atoms with Gasteiger partial charge in [0.2, 0.25) is 0 Å². The van der Waals surface area contributed by atoms with Crippen molar-refractivity contribution in [3.63, 3.8) is 0 Å². The lowest BCUT2D eigenvalue weighted by Gasteiger charge is -2.31. The Labute approximate surface area is 132 Å². The molecular weight excluding hydrogens is 282 g/mol. The number of hydrogen-bond donors (Lipinski definition) is 1. The van der Waals surface area contributed by atoms with Crippen molar-refractivity contribution in [1.29, 1.82) is 0 Å². The largest absolute Gasteiger partial charge is 0.384 e. The molecule has 0 unspecified atom stereocenters. The Kier molecular flexibility index (Phi) is 3.73. The predicted molar refractivity (Wildman–Crippen MR) is 89.3 cm³/mol. The van der Waals surface area contributed by atoms with Gasteiger partial charge in [0.15, 0.2) is 0 Å². The monoisotopic (exact) mass is 303 g/mol. The molecule has 1 aliphatic carbocycles. The number of halogens is 1. The fourth-order valence-electron chi connectivity index (χ4n) is 4.30. The highest BCUT2D eigenvalue weighted by atomic mass is 35.5. The molecule has 1 saturated carbocycles. The first-order valence-corrected chi connectivity index (χ1v) is 7.49. The molecule has 112 valence electrons. The summed E-state index contributed by atoms with van der Waals surface area (Å²) >= 11 is 0. The summed E-state index contributed by atoms with van der Waals surface area (Å²) in [5.41, 5.74) is 2.18. The van der Waals surface area contributed by atoms with Gasteiger partial charge in [-0.05, 0) is 35.7 Å². The number of nitrogens with one attached hydrogen (secondary N) is 1. The molecule has 1 N–H and O–H groups in total. The normalized spacial score (nSPS) is 30.5. The van der Waals surface area contributed by atoms with Crippen LogP contribution in [0, 0.1) is 5.41 Å². The van der Waals surface area contributed by atoms with Crippen LogP contribution >= 0.6 is 12.4 Å². The van der Waals surface area contributed by atoms with Gasteiger partial charge < -0.3 is 10.1 Å². The molecule has 21 heavy (non-hydrogen) atoms. The maximum absolute atomic E-state index is 5.52. The van der Waals surface area contributed by atoms with Gasteiger partial charge in [0.05, 0.1) is 6.61 Å². The second-order valence-corrected chi connectivity index (χ2v) is 6.46. The van der Waals surface area contributed by atoms with E-state index in [0.29, 0.717) is 10.8 Å². The van der Waals surface area contributed by atoms with E-state index < -0.39 is 0 Å². The number of hydrogen-bond acceptors (Lipinski definition) is 2. The molecule has 2 aliphatic rings. The van der Waals surface area contributed by atoms with Gasteiger partial charge >= 0.3 is 0 Å². The maximum atomic E-state index is 5.52. The van der Waals surface area contributed by atoms with Crippen molar-refractivity contribution in [2.75, 3.05) is 26.8 Å². The van der Waals surface area contributed by atoms with Crippen molar-refractivity contribution >= 4 is 23.2 Å². The van der Waals surface area contributed by atoms with E-state index in [-0.39, 0.29) is 12.4 Å². The lowest BCUT2D eigenvalue weighted by Crippen LogP contribution is -2.40. The van der Waals surface area contributed by atoms with Crippen molar-refractivity contribution < 1.29 is 4.74 Å². The van der Waals surface area contributed by atoms with Gasteiger partial charge in [-0.2, -0.15) is 0 Å². The summed E-state index contributed by atoms with van der Waals surface area (Å²) in [6.45, 7) is 3.08. The third-order valence-electron chi connectivity index (χ3n) is 5.44. The first-order valence-electron chi connectivity index (χ1n) is 7.49. The SMILES string of the molecule is COC[C@@]12CNCC[C@]1(c1ccc3ccccc3c1)C2.Cl. The fourth-order valence-corrected chi connectivity index (χ4v) is 4.30. The molecule has 1 saturated heterocycles. The summed E-state index contributed by atoms with van der Waals surface area (Å²) in [6, 6.07) is 15.7. The first kappa shape index (κ1) is 14.8. The van der Waals surface area contributed by atoms with Crippen LogP contribution < -0.4 is 5.32 Å². The highest BCUT2D eigenvalue weighted by Gasteiger charge is 2.68. The lowest BCUT2D eigenvalue weighted by atomic mass is 9.80. The van der Waals surface area contributed by atoms with Crippen molar-refractivity contribution in [3.05, 3.63) is 48.0 Å². The van der Waals surface area contributed by atoms with Crippen LogP contribution in [0.25, 0.3) is 10.8 Å². The van der Waals surface area contributed by atoms with E-state index in [1.165, 1.54) is 29.2 Å². The van der Waals surface area contributed by atoms with Crippen LogP contribution in [-0.2, 0) is 10.2 Å². The van der Waals surface area contributed by atoms with E-state index >= 15 is 0 Å².